The van der Waals surface area contributed by atoms with Crippen molar-refractivity contribution in [3.05, 3.63) is 30.0 Å². The molecule has 7 nitrogen and oxygen atoms in total. The number of nitrogens with one attached hydrogen (secondary N) is 2. The quantitative estimate of drug-likeness (QED) is 0.551. The highest BCUT2D eigenvalue weighted by atomic mass is 16.3. The fraction of sp³-hybridized carbons (Fsp3) is 0.214. The van der Waals surface area contributed by atoms with Gasteiger partial charge in [0.25, 0.3) is 5.91 Å². The van der Waals surface area contributed by atoms with E-state index in [1.54, 1.807) is 24.3 Å². The Morgan fingerprint density at radius 2 is 2.14 bits per heavy atom. The minimum absolute atomic E-state index is 0.0975. The van der Waals surface area contributed by atoms with Crippen LogP contribution in [0.2, 0.25) is 0 Å². The molecule has 0 bridgehead atoms. The minimum atomic E-state index is -0.728. The second-order valence-electron chi connectivity index (χ2n) is 4.89. The van der Waals surface area contributed by atoms with Gasteiger partial charge in [0, 0.05) is 17.5 Å². The summed E-state index contributed by atoms with van der Waals surface area (Å²) < 4.78 is 5.42. The molecule has 0 spiro atoms. The zero-order valence-corrected chi connectivity index (χ0v) is 11.0. The van der Waals surface area contributed by atoms with Crippen LogP contribution < -0.4 is 16.4 Å². The first-order valence-corrected chi connectivity index (χ1v) is 6.46. The molecule has 7 heteroatoms. The second-order valence-corrected chi connectivity index (χ2v) is 4.89. The van der Waals surface area contributed by atoms with Gasteiger partial charge in [-0.25, -0.2) is 0 Å². The molecule has 2 heterocycles. The fourth-order valence-corrected chi connectivity index (χ4v) is 2.23. The molecule has 1 unspecified atom stereocenters. The van der Waals surface area contributed by atoms with E-state index in [4.69, 9.17) is 10.2 Å². The molecule has 1 atom stereocenters. The van der Waals surface area contributed by atoms with Crippen molar-refractivity contribution in [2.45, 2.75) is 18.9 Å². The zero-order valence-electron chi connectivity index (χ0n) is 11.0. The first kappa shape index (κ1) is 13.2. The summed E-state index contributed by atoms with van der Waals surface area (Å²) in [7, 11) is 0. The lowest BCUT2D eigenvalue weighted by atomic mass is 10.1. The Labute approximate surface area is 119 Å². The molecule has 108 valence electrons. The van der Waals surface area contributed by atoms with Crippen molar-refractivity contribution in [1.82, 2.24) is 10.6 Å². The molecule has 1 aromatic heterocycles. The second kappa shape index (κ2) is 4.93. The zero-order chi connectivity index (χ0) is 15.0. The molecule has 3 rings (SSSR count). The SMILES string of the molecule is Nc1ccc2oc(C(=O)NC3CCC(=O)NC3=O)cc2c1. The van der Waals surface area contributed by atoms with Gasteiger partial charge in [-0.15, -0.1) is 0 Å². The molecule has 2 aromatic rings. The number of carbonyl (C=O) groups is 3. The highest BCUT2D eigenvalue weighted by molar-refractivity contribution is 6.04. The van der Waals surface area contributed by atoms with E-state index in [0.717, 1.165) is 0 Å². The third kappa shape index (κ3) is 2.58. The predicted molar refractivity (Wildman–Crippen MR) is 74.3 cm³/mol. The van der Waals surface area contributed by atoms with Crippen molar-refractivity contribution in [3.8, 4) is 0 Å². The average molecular weight is 287 g/mol. The number of furan rings is 1. The summed E-state index contributed by atoms with van der Waals surface area (Å²) in [4.78, 5) is 34.7. The number of imide groups is 1. The Morgan fingerprint density at radius 1 is 1.33 bits per heavy atom. The van der Waals surface area contributed by atoms with Crippen LogP contribution in [-0.2, 0) is 9.59 Å². The number of hydrogen-bond acceptors (Lipinski definition) is 5. The standard InChI is InChI=1S/C14H13N3O4/c15-8-1-3-10-7(5-8)6-11(21-10)14(20)16-9-2-4-12(18)17-13(9)19/h1,3,5-6,9H,2,4,15H2,(H,16,20)(H,17,18,19). The van der Waals surface area contributed by atoms with E-state index in [2.05, 4.69) is 10.6 Å². The van der Waals surface area contributed by atoms with Crippen LogP contribution in [0.5, 0.6) is 0 Å². The minimum Gasteiger partial charge on any atom is -0.451 e. The van der Waals surface area contributed by atoms with Gasteiger partial charge in [0.2, 0.25) is 11.8 Å². The summed E-state index contributed by atoms with van der Waals surface area (Å²) in [5, 5.41) is 5.44. The van der Waals surface area contributed by atoms with Crippen molar-refractivity contribution in [2.24, 2.45) is 0 Å². The summed E-state index contributed by atoms with van der Waals surface area (Å²) in [5.41, 5.74) is 6.77. The highest BCUT2D eigenvalue weighted by Crippen LogP contribution is 2.22. The molecular weight excluding hydrogens is 274 g/mol. The van der Waals surface area contributed by atoms with Crippen LogP contribution >= 0.6 is 0 Å². The summed E-state index contributed by atoms with van der Waals surface area (Å²) in [5.74, 6) is -1.23. The molecule has 21 heavy (non-hydrogen) atoms. The van der Waals surface area contributed by atoms with Gasteiger partial charge in [-0.05, 0) is 30.7 Å². The van der Waals surface area contributed by atoms with Crippen molar-refractivity contribution in [2.75, 3.05) is 5.73 Å². The van der Waals surface area contributed by atoms with Crippen LogP contribution in [-0.4, -0.2) is 23.8 Å². The molecular formula is C14H13N3O4. The van der Waals surface area contributed by atoms with Crippen molar-refractivity contribution < 1.29 is 18.8 Å². The van der Waals surface area contributed by atoms with Crippen LogP contribution in [0.1, 0.15) is 23.4 Å². The van der Waals surface area contributed by atoms with Crippen LogP contribution in [0.15, 0.2) is 28.7 Å². The van der Waals surface area contributed by atoms with E-state index in [1.807, 2.05) is 0 Å². The molecule has 0 aliphatic carbocycles. The lowest BCUT2D eigenvalue weighted by Gasteiger charge is -2.21. The monoisotopic (exact) mass is 287 g/mol. The molecule has 1 fully saturated rings. The van der Waals surface area contributed by atoms with Crippen molar-refractivity contribution >= 4 is 34.4 Å². The van der Waals surface area contributed by atoms with E-state index in [0.29, 0.717) is 16.7 Å². The van der Waals surface area contributed by atoms with E-state index in [9.17, 15) is 14.4 Å². The predicted octanol–water partition coefficient (Wildman–Crippen LogP) is 0.550. The number of benzene rings is 1. The molecule has 0 saturated carbocycles. The molecule has 1 saturated heterocycles. The lowest BCUT2D eigenvalue weighted by molar-refractivity contribution is -0.134. The highest BCUT2D eigenvalue weighted by Gasteiger charge is 2.28. The number of piperidine rings is 1. The number of anilines is 1. The number of fused-ring (bicyclic) bond motifs is 1. The number of rotatable bonds is 2. The smallest absolute Gasteiger partial charge is 0.287 e. The normalized spacial score (nSPS) is 18.6. The van der Waals surface area contributed by atoms with Crippen molar-refractivity contribution in [3.63, 3.8) is 0 Å². The number of amides is 3. The number of nitrogen functional groups attached to an aromatic ring is 1. The average Bonchev–Trinajstić information content (AvgIpc) is 2.85. The van der Waals surface area contributed by atoms with Gasteiger partial charge >= 0.3 is 0 Å². The Morgan fingerprint density at radius 3 is 2.90 bits per heavy atom. The van der Waals surface area contributed by atoms with Gasteiger partial charge in [0.05, 0.1) is 0 Å². The number of hydrogen-bond donors (Lipinski definition) is 3. The maximum Gasteiger partial charge on any atom is 0.287 e. The molecule has 1 aliphatic rings. The van der Waals surface area contributed by atoms with Gasteiger partial charge in [-0.2, -0.15) is 0 Å². The summed E-state index contributed by atoms with van der Waals surface area (Å²) >= 11 is 0. The van der Waals surface area contributed by atoms with Crippen LogP contribution in [0.25, 0.3) is 11.0 Å². The van der Waals surface area contributed by atoms with Gasteiger partial charge in [-0.3, -0.25) is 19.7 Å². The molecule has 3 amide bonds. The van der Waals surface area contributed by atoms with Crippen LogP contribution in [0, 0.1) is 0 Å². The molecule has 0 radical (unpaired) electrons. The van der Waals surface area contributed by atoms with Gasteiger partial charge in [0.15, 0.2) is 5.76 Å². The van der Waals surface area contributed by atoms with E-state index < -0.39 is 17.9 Å². The van der Waals surface area contributed by atoms with Crippen molar-refractivity contribution in [1.29, 1.82) is 0 Å². The Balaban J connectivity index is 1.77. The largest absolute Gasteiger partial charge is 0.451 e. The summed E-state index contributed by atoms with van der Waals surface area (Å²) in [6.07, 6.45) is 0.483. The third-order valence-electron chi connectivity index (χ3n) is 3.31. The molecule has 1 aliphatic heterocycles. The number of carbonyl (C=O) groups excluding carboxylic acids is 3. The first-order chi connectivity index (χ1) is 10.0. The van der Waals surface area contributed by atoms with Crippen LogP contribution in [0.4, 0.5) is 5.69 Å². The summed E-state index contributed by atoms with van der Waals surface area (Å²) in [6.45, 7) is 0. The fourth-order valence-electron chi connectivity index (χ4n) is 2.23. The topological polar surface area (TPSA) is 114 Å². The van der Waals surface area contributed by atoms with E-state index in [-0.39, 0.29) is 24.5 Å². The maximum atomic E-state index is 12.1. The third-order valence-corrected chi connectivity index (χ3v) is 3.31. The van der Waals surface area contributed by atoms with E-state index in [1.165, 1.54) is 0 Å². The maximum absolute atomic E-state index is 12.1. The number of nitrogens with two attached hydrogens (primary N) is 1. The van der Waals surface area contributed by atoms with Crippen LogP contribution in [0.3, 0.4) is 0 Å². The van der Waals surface area contributed by atoms with Gasteiger partial charge in [0.1, 0.15) is 11.6 Å². The lowest BCUT2D eigenvalue weighted by Crippen LogP contribution is -2.52. The van der Waals surface area contributed by atoms with Gasteiger partial charge in [-0.1, -0.05) is 0 Å². The molecule has 1 aromatic carbocycles. The summed E-state index contributed by atoms with van der Waals surface area (Å²) in [6, 6.07) is 5.88. The Bertz CT molecular complexity index is 750. The van der Waals surface area contributed by atoms with E-state index >= 15 is 0 Å². The Hall–Kier alpha value is -2.83. The Kier molecular flexibility index (Phi) is 3.09. The first-order valence-electron chi connectivity index (χ1n) is 6.46. The van der Waals surface area contributed by atoms with Gasteiger partial charge < -0.3 is 15.5 Å². The molecule has 4 N–H and O–H groups in total.